The van der Waals surface area contributed by atoms with Gasteiger partial charge in [-0.2, -0.15) is 0 Å². The van der Waals surface area contributed by atoms with Gasteiger partial charge in [-0.3, -0.25) is 9.59 Å². The molecule has 0 atom stereocenters. The van der Waals surface area contributed by atoms with Crippen molar-refractivity contribution in [2.75, 3.05) is 17.5 Å². The van der Waals surface area contributed by atoms with E-state index in [2.05, 4.69) is 15.0 Å². The van der Waals surface area contributed by atoms with Gasteiger partial charge in [-0.15, -0.1) is 0 Å². The molecule has 3 aromatic rings. The van der Waals surface area contributed by atoms with Gasteiger partial charge in [-0.1, -0.05) is 18.9 Å². The molecule has 0 aliphatic heterocycles. The third kappa shape index (κ3) is 7.13. The average molecular weight is 529 g/mol. The normalized spacial score (nSPS) is 11.4. The summed E-state index contributed by atoms with van der Waals surface area (Å²) < 4.78 is 37.1. The zero-order valence-electron chi connectivity index (χ0n) is 21.3. The third-order valence-corrected chi connectivity index (χ3v) is 5.86. The van der Waals surface area contributed by atoms with E-state index in [0.717, 1.165) is 23.6 Å². The molecule has 0 saturated carbocycles. The van der Waals surface area contributed by atoms with Gasteiger partial charge in [-0.25, -0.2) is 8.78 Å². The van der Waals surface area contributed by atoms with Crippen LogP contribution in [0.1, 0.15) is 48.1 Å². The van der Waals surface area contributed by atoms with Crippen molar-refractivity contribution in [3.05, 3.63) is 82.8 Å². The number of hydrogen-bond donors (Lipinski definition) is 3. The molecule has 37 heavy (non-hydrogen) atoms. The summed E-state index contributed by atoms with van der Waals surface area (Å²) in [6.07, 6.45) is 2.25. The minimum Gasteiger partial charge on any atom is -0.454 e. The highest BCUT2D eigenvalue weighted by atomic mass is 32.2. The second-order valence-corrected chi connectivity index (χ2v) is 9.66. The van der Waals surface area contributed by atoms with E-state index in [0.29, 0.717) is 34.5 Å². The maximum absolute atomic E-state index is 14.5. The van der Waals surface area contributed by atoms with Gasteiger partial charge < -0.3 is 24.7 Å². The van der Waals surface area contributed by atoms with Crippen molar-refractivity contribution >= 4 is 35.5 Å². The van der Waals surface area contributed by atoms with Crippen molar-refractivity contribution in [1.82, 2.24) is 15.2 Å². The van der Waals surface area contributed by atoms with Gasteiger partial charge in [-0.05, 0) is 57.2 Å². The number of nitrogens with zero attached hydrogens (tertiary/aromatic N) is 1. The fraction of sp³-hybridized carbons (Fsp3) is 0.259. The summed E-state index contributed by atoms with van der Waals surface area (Å²) in [6, 6.07) is 9.96. The number of benzene rings is 2. The minimum absolute atomic E-state index is 0.0554. The number of amides is 2. The van der Waals surface area contributed by atoms with Crippen LogP contribution in [-0.2, 0) is 4.79 Å². The van der Waals surface area contributed by atoms with Crippen LogP contribution in [0.2, 0.25) is 0 Å². The van der Waals surface area contributed by atoms with Crippen LogP contribution in [-0.4, -0.2) is 41.0 Å². The number of aromatic nitrogens is 1. The predicted molar refractivity (Wildman–Crippen MR) is 144 cm³/mol. The molecule has 1 heterocycles. The molecular formula is C27H30F2N4O3S. The molecule has 0 radical (unpaired) electrons. The minimum atomic E-state index is -0.851. The van der Waals surface area contributed by atoms with Gasteiger partial charge in [0.2, 0.25) is 6.41 Å². The lowest BCUT2D eigenvalue weighted by atomic mass is 9.97. The highest BCUT2D eigenvalue weighted by Gasteiger charge is 2.21. The summed E-state index contributed by atoms with van der Waals surface area (Å²) in [5.74, 6) is -0.905. The van der Waals surface area contributed by atoms with Crippen LogP contribution in [0.5, 0.6) is 11.5 Å². The number of rotatable bonds is 11. The van der Waals surface area contributed by atoms with Crippen molar-refractivity contribution in [1.29, 1.82) is 0 Å². The number of hydrogen-bond acceptors (Lipinski definition) is 5. The second-order valence-electron chi connectivity index (χ2n) is 8.59. The van der Waals surface area contributed by atoms with E-state index in [1.54, 1.807) is 31.4 Å². The van der Waals surface area contributed by atoms with E-state index in [1.165, 1.54) is 22.9 Å². The van der Waals surface area contributed by atoms with Crippen molar-refractivity contribution < 1.29 is 23.1 Å². The molecule has 0 fully saturated rings. The molecule has 0 aliphatic carbocycles. The third-order valence-electron chi connectivity index (χ3n) is 5.19. The highest BCUT2D eigenvalue weighted by molar-refractivity contribution is 8.00. The summed E-state index contributed by atoms with van der Waals surface area (Å²) in [5, 5.41) is 2.85. The fourth-order valence-electron chi connectivity index (χ4n) is 3.54. The van der Waals surface area contributed by atoms with Crippen molar-refractivity contribution in [3.8, 4) is 11.5 Å². The smallest absolute Gasteiger partial charge is 0.267 e. The molecule has 3 N–H and O–H groups in total. The average Bonchev–Trinajstić information content (AvgIpc) is 3.24. The van der Waals surface area contributed by atoms with Crippen LogP contribution >= 0.6 is 11.9 Å². The Labute approximate surface area is 219 Å². The van der Waals surface area contributed by atoms with Crippen LogP contribution in [0.15, 0.2) is 48.7 Å². The van der Waals surface area contributed by atoms with Crippen LogP contribution in [0.25, 0.3) is 5.57 Å². The first kappa shape index (κ1) is 27.8. The molecule has 0 saturated heterocycles. The molecule has 3 rings (SSSR count). The quantitative estimate of drug-likeness (QED) is 0.207. The number of anilines is 1. The molecule has 0 spiro atoms. The number of aromatic amines is 1. The Hall–Kier alpha value is -3.79. The zero-order chi connectivity index (χ0) is 27.1. The van der Waals surface area contributed by atoms with E-state index in [1.807, 2.05) is 33.8 Å². The lowest BCUT2D eigenvalue weighted by molar-refractivity contribution is -0.114. The molecular weight excluding hydrogens is 498 g/mol. The maximum Gasteiger partial charge on any atom is 0.267 e. The topological polar surface area (TPSA) is 86.5 Å². The maximum atomic E-state index is 14.5. The largest absolute Gasteiger partial charge is 0.454 e. The fourth-order valence-corrected chi connectivity index (χ4v) is 3.98. The number of carbonyl (C=O) groups excluding carboxylic acids is 2. The predicted octanol–water partition coefficient (Wildman–Crippen LogP) is 6.09. The number of aryl methyl sites for hydroxylation is 1. The molecule has 10 heteroatoms. The van der Waals surface area contributed by atoms with E-state index in [4.69, 9.17) is 4.74 Å². The Morgan fingerprint density at radius 3 is 2.51 bits per heavy atom. The molecule has 0 unspecified atom stereocenters. The molecule has 1 aromatic heterocycles. The van der Waals surface area contributed by atoms with Crippen molar-refractivity contribution in [2.24, 2.45) is 0 Å². The van der Waals surface area contributed by atoms with Crippen LogP contribution < -0.4 is 14.8 Å². The lowest BCUT2D eigenvalue weighted by Crippen LogP contribution is -2.30. The summed E-state index contributed by atoms with van der Waals surface area (Å²) in [4.78, 5) is 28.7. The van der Waals surface area contributed by atoms with Crippen LogP contribution in [0, 0.1) is 18.6 Å². The Bertz CT molecular complexity index is 1310. The number of halogens is 2. The molecule has 196 valence electrons. The van der Waals surface area contributed by atoms with Crippen LogP contribution in [0.4, 0.5) is 14.5 Å². The summed E-state index contributed by atoms with van der Waals surface area (Å²) >= 11 is 1.49. The van der Waals surface area contributed by atoms with Gasteiger partial charge in [0.15, 0.2) is 11.6 Å². The SMILES string of the molecule is CCSNc1ccc(Oc2ccc(F)cc2F)c(/C(=C/N(C)C=O)c2cc(C(=O)NC(C)C)[nH]c2C)c1. The van der Waals surface area contributed by atoms with Crippen molar-refractivity contribution in [2.45, 2.75) is 33.7 Å². The Kier molecular flexibility index (Phi) is 9.35. The monoisotopic (exact) mass is 528 g/mol. The summed E-state index contributed by atoms with van der Waals surface area (Å²) in [5.41, 5.74) is 3.50. The van der Waals surface area contributed by atoms with Gasteiger partial charge in [0.1, 0.15) is 17.3 Å². The Morgan fingerprint density at radius 1 is 1.14 bits per heavy atom. The number of nitrogens with one attached hydrogen (secondary N) is 3. The number of H-pyrrole nitrogens is 1. The molecule has 2 amide bonds. The molecule has 0 aliphatic rings. The van der Waals surface area contributed by atoms with Gasteiger partial charge >= 0.3 is 0 Å². The second kappa shape index (κ2) is 12.4. The lowest BCUT2D eigenvalue weighted by Gasteiger charge is -2.18. The standard InChI is InChI=1S/C27H30F2N4O3S/c1-6-37-32-19-8-10-25(36-26-9-7-18(28)11-23(26)29)21(12-19)22(14-33(5)15-34)20-13-24(31-17(20)4)27(35)30-16(2)3/h7-16,31-32H,6H2,1-5H3,(H,30,35)/b22-14+. The first-order valence-corrected chi connectivity index (χ1v) is 12.7. The van der Waals surface area contributed by atoms with Crippen molar-refractivity contribution in [3.63, 3.8) is 0 Å². The number of ether oxygens (including phenoxy) is 1. The van der Waals surface area contributed by atoms with Crippen LogP contribution in [0.3, 0.4) is 0 Å². The van der Waals surface area contributed by atoms with Gasteiger partial charge in [0.05, 0.1) is 0 Å². The molecule has 0 bridgehead atoms. The van der Waals surface area contributed by atoms with E-state index in [9.17, 15) is 18.4 Å². The molecule has 7 nitrogen and oxygen atoms in total. The van der Waals surface area contributed by atoms with Gasteiger partial charge in [0, 0.05) is 59.2 Å². The highest BCUT2D eigenvalue weighted by Crippen LogP contribution is 2.38. The summed E-state index contributed by atoms with van der Waals surface area (Å²) in [7, 11) is 1.58. The Morgan fingerprint density at radius 2 is 1.86 bits per heavy atom. The zero-order valence-corrected chi connectivity index (χ0v) is 22.1. The van der Waals surface area contributed by atoms with Gasteiger partial charge in [0.25, 0.3) is 5.91 Å². The number of carbonyl (C=O) groups is 2. The molecule has 2 aromatic carbocycles. The van der Waals surface area contributed by atoms with E-state index in [-0.39, 0.29) is 23.4 Å². The first-order chi connectivity index (χ1) is 17.6. The van der Waals surface area contributed by atoms with E-state index < -0.39 is 11.6 Å². The summed E-state index contributed by atoms with van der Waals surface area (Å²) in [6.45, 7) is 7.55. The first-order valence-electron chi connectivity index (χ1n) is 11.7. The Balaban J connectivity index is 2.19. The van der Waals surface area contributed by atoms with E-state index >= 15 is 0 Å².